The quantitative estimate of drug-likeness (QED) is 0.926. The second-order valence-electron chi connectivity index (χ2n) is 7.03. The lowest BCUT2D eigenvalue weighted by Gasteiger charge is -2.29. The fraction of sp³-hybridized carbons (Fsp3) is 0.588. The average molecular weight is 348 g/mol. The minimum Gasteiger partial charge on any atom is -0.362 e. The van der Waals surface area contributed by atoms with Crippen LogP contribution in [0.25, 0.3) is 0 Å². The summed E-state index contributed by atoms with van der Waals surface area (Å²) in [6, 6.07) is 0. The molecule has 2 atom stereocenters. The molecule has 128 valence electrons. The first-order chi connectivity index (χ1) is 11.6. The van der Waals surface area contributed by atoms with Gasteiger partial charge < -0.3 is 9.47 Å². The highest BCUT2D eigenvalue weighted by Gasteiger charge is 2.27. The van der Waals surface area contributed by atoms with Crippen LogP contribution >= 0.6 is 11.6 Å². The summed E-state index contributed by atoms with van der Waals surface area (Å²) in [7, 11) is 0. The van der Waals surface area contributed by atoms with Crippen molar-refractivity contribution in [3.05, 3.63) is 39.3 Å². The summed E-state index contributed by atoms with van der Waals surface area (Å²) in [6.07, 6.45) is 8.55. The first-order valence-corrected chi connectivity index (χ1v) is 9.02. The Morgan fingerprint density at radius 2 is 2.29 bits per heavy atom. The van der Waals surface area contributed by atoms with Crippen molar-refractivity contribution >= 4 is 17.3 Å². The van der Waals surface area contributed by atoms with Gasteiger partial charge in [0.25, 0.3) is 5.56 Å². The molecule has 2 aromatic rings. The number of H-pyrrole nitrogens is 1. The van der Waals surface area contributed by atoms with E-state index in [-0.39, 0.29) is 10.6 Å². The van der Waals surface area contributed by atoms with E-state index in [1.807, 2.05) is 6.33 Å². The van der Waals surface area contributed by atoms with E-state index in [4.69, 9.17) is 11.6 Å². The third-order valence-electron chi connectivity index (χ3n) is 5.58. The van der Waals surface area contributed by atoms with Crippen molar-refractivity contribution in [1.82, 2.24) is 19.7 Å². The largest absolute Gasteiger partial charge is 0.362 e. The van der Waals surface area contributed by atoms with Crippen molar-refractivity contribution in [1.29, 1.82) is 0 Å². The van der Waals surface area contributed by atoms with E-state index in [2.05, 4.69) is 31.6 Å². The zero-order valence-corrected chi connectivity index (χ0v) is 14.6. The highest BCUT2D eigenvalue weighted by Crippen LogP contribution is 2.33. The lowest BCUT2D eigenvalue weighted by atomic mass is 9.98. The smallest absolute Gasteiger partial charge is 0.285 e. The molecule has 3 heterocycles. The van der Waals surface area contributed by atoms with E-state index < -0.39 is 0 Å². The molecule has 7 heteroatoms. The van der Waals surface area contributed by atoms with E-state index in [9.17, 15) is 4.79 Å². The molecule has 0 bridgehead atoms. The van der Waals surface area contributed by atoms with Crippen LogP contribution in [0.1, 0.15) is 37.6 Å². The Morgan fingerprint density at radius 3 is 3.08 bits per heavy atom. The molecule has 24 heavy (non-hydrogen) atoms. The molecule has 0 aromatic carbocycles. The standard InChI is InChI=1S/C17H22ClN5O/c1-11-3-2-4-12(11)8-23-10-19-13-9-22(6-5-14(13)23)15-7-20-21-17(24)16(15)18/h7,10-12H,2-6,8-9H2,1H3,(H,21,24)/t11-,12+/m1/s1. The van der Waals surface area contributed by atoms with Gasteiger partial charge >= 0.3 is 0 Å². The van der Waals surface area contributed by atoms with Gasteiger partial charge in [-0.25, -0.2) is 10.1 Å². The summed E-state index contributed by atoms with van der Waals surface area (Å²) >= 11 is 6.14. The molecule has 1 N–H and O–H groups in total. The Labute approximate surface area is 145 Å². The van der Waals surface area contributed by atoms with Crippen LogP contribution in [0, 0.1) is 11.8 Å². The van der Waals surface area contributed by atoms with Crippen molar-refractivity contribution < 1.29 is 0 Å². The minimum atomic E-state index is -0.347. The third-order valence-corrected chi connectivity index (χ3v) is 5.95. The molecule has 0 amide bonds. The van der Waals surface area contributed by atoms with E-state index in [1.54, 1.807) is 6.20 Å². The first kappa shape index (κ1) is 15.7. The van der Waals surface area contributed by atoms with Crippen LogP contribution in [0.15, 0.2) is 17.3 Å². The van der Waals surface area contributed by atoms with Gasteiger partial charge in [0.1, 0.15) is 5.02 Å². The topological polar surface area (TPSA) is 66.8 Å². The molecule has 1 aliphatic carbocycles. The van der Waals surface area contributed by atoms with Crippen LogP contribution in [0.2, 0.25) is 5.02 Å². The highest BCUT2D eigenvalue weighted by molar-refractivity contribution is 6.32. The number of imidazole rings is 1. The van der Waals surface area contributed by atoms with Crippen molar-refractivity contribution in [3.63, 3.8) is 0 Å². The highest BCUT2D eigenvalue weighted by atomic mass is 35.5. The third kappa shape index (κ3) is 2.73. The predicted octanol–water partition coefficient (Wildman–Crippen LogP) is 2.62. The van der Waals surface area contributed by atoms with Crippen LogP contribution < -0.4 is 10.5 Å². The van der Waals surface area contributed by atoms with Crippen LogP contribution in [-0.2, 0) is 19.5 Å². The molecule has 2 aliphatic rings. The van der Waals surface area contributed by atoms with E-state index in [1.165, 1.54) is 25.0 Å². The minimum absolute atomic E-state index is 0.202. The number of nitrogens with zero attached hydrogens (tertiary/aromatic N) is 4. The number of nitrogens with one attached hydrogen (secondary N) is 1. The molecule has 1 fully saturated rings. The molecule has 1 aliphatic heterocycles. The second-order valence-corrected chi connectivity index (χ2v) is 7.41. The molecule has 6 nitrogen and oxygen atoms in total. The van der Waals surface area contributed by atoms with Gasteiger partial charge in [0.15, 0.2) is 0 Å². The Morgan fingerprint density at radius 1 is 1.42 bits per heavy atom. The maximum absolute atomic E-state index is 11.7. The summed E-state index contributed by atoms with van der Waals surface area (Å²) in [4.78, 5) is 18.4. The summed E-state index contributed by atoms with van der Waals surface area (Å²) in [5, 5.41) is 6.43. The molecule has 0 unspecified atom stereocenters. The van der Waals surface area contributed by atoms with Crippen molar-refractivity contribution in [3.8, 4) is 0 Å². The molecular formula is C17H22ClN5O. The number of halogens is 1. The number of hydrogen-bond acceptors (Lipinski definition) is 4. The van der Waals surface area contributed by atoms with Gasteiger partial charge in [0.2, 0.25) is 0 Å². The Kier molecular flexibility index (Phi) is 4.08. The van der Waals surface area contributed by atoms with Gasteiger partial charge in [-0.05, 0) is 18.3 Å². The number of anilines is 1. The zero-order valence-electron chi connectivity index (χ0n) is 13.8. The van der Waals surface area contributed by atoms with Crippen molar-refractivity contribution in [2.75, 3.05) is 11.4 Å². The van der Waals surface area contributed by atoms with E-state index in [0.29, 0.717) is 12.2 Å². The lowest BCUT2D eigenvalue weighted by molar-refractivity contribution is 0.358. The molecule has 0 radical (unpaired) electrons. The van der Waals surface area contributed by atoms with E-state index >= 15 is 0 Å². The van der Waals surface area contributed by atoms with E-state index in [0.717, 1.165) is 37.0 Å². The van der Waals surface area contributed by atoms with Gasteiger partial charge in [-0.3, -0.25) is 4.79 Å². The Bertz CT molecular complexity index is 799. The fourth-order valence-electron chi connectivity index (χ4n) is 4.07. The summed E-state index contributed by atoms with van der Waals surface area (Å²) in [5.74, 6) is 1.58. The normalized spacial score (nSPS) is 23.5. The zero-order chi connectivity index (χ0) is 16.7. The molecule has 0 spiro atoms. The summed E-state index contributed by atoms with van der Waals surface area (Å²) in [6.45, 7) is 4.94. The van der Waals surface area contributed by atoms with Crippen LogP contribution in [0.5, 0.6) is 0 Å². The van der Waals surface area contributed by atoms with Crippen molar-refractivity contribution in [2.24, 2.45) is 11.8 Å². The Balaban J connectivity index is 1.54. The monoisotopic (exact) mass is 347 g/mol. The fourth-order valence-corrected chi connectivity index (χ4v) is 4.28. The molecule has 0 saturated heterocycles. The maximum atomic E-state index is 11.7. The van der Waals surface area contributed by atoms with Crippen LogP contribution in [-0.4, -0.2) is 26.3 Å². The second kappa shape index (κ2) is 6.24. The lowest BCUT2D eigenvalue weighted by Crippen LogP contribution is -2.33. The van der Waals surface area contributed by atoms with Gasteiger partial charge in [-0.15, -0.1) is 0 Å². The number of fused-ring (bicyclic) bond motifs is 1. The maximum Gasteiger partial charge on any atom is 0.285 e. The van der Waals surface area contributed by atoms with Gasteiger partial charge in [0.05, 0.1) is 30.5 Å². The average Bonchev–Trinajstić information content (AvgIpc) is 3.17. The Hall–Kier alpha value is -1.82. The number of aromatic amines is 1. The first-order valence-electron chi connectivity index (χ1n) is 8.64. The van der Waals surface area contributed by atoms with Crippen LogP contribution in [0.3, 0.4) is 0 Å². The molecular weight excluding hydrogens is 326 g/mol. The van der Waals surface area contributed by atoms with Gasteiger partial charge in [-0.1, -0.05) is 31.4 Å². The van der Waals surface area contributed by atoms with Crippen molar-refractivity contribution in [2.45, 2.75) is 45.7 Å². The number of hydrogen-bond donors (Lipinski definition) is 1. The number of rotatable bonds is 3. The van der Waals surface area contributed by atoms with Gasteiger partial charge in [0, 0.05) is 25.2 Å². The van der Waals surface area contributed by atoms with Crippen LogP contribution in [0.4, 0.5) is 5.69 Å². The summed E-state index contributed by atoms with van der Waals surface area (Å²) in [5.41, 5.74) is 2.76. The predicted molar refractivity (Wildman–Crippen MR) is 93.4 cm³/mol. The molecule has 4 rings (SSSR count). The number of aromatic nitrogens is 4. The SMILES string of the molecule is C[C@@H]1CCC[C@H]1Cn1cnc2c1CCN(c1cn[nH]c(=O)c1Cl)C2. The summed E-state index contributed by atoms with van der Waals surface area (Å²) < 4.78 is 2.34. The molecule has 2 aromatic heterocycles. The van der Waals surface area contributed by atoms with Gasteiger partial charge in [-0.2, -0.15) is 5.10 Å². The molecule has 1 saturated carbocycles.